The second kappa shape index (κ2) is 6.01. The van der Waals surface area contributed by atoms with Crippen LogP contribution in [0, 0.1) is 5.21 Å². The molecule has 0 saturated heterocycles. The highest BCUT2D eigenvalue weighted by Gasteiger charge is 2.26. The third kappa shape index (κ3) is 2.44. The van der Waals surface area contributed by atoms with E-state index in [0.717, 1.165) is 21.7 Å². The number of aromatic nitrogens is 3. The number of para-hydroxylation sites is 1. The summed E-state index contributed by atoms with van der Waals surface area (Å²) in [6, 6.07) is 28.8. The smallest absolute Gasteiger partial charge is 0.258 e. The van der Waals surface area contributed by atoms with Gasteiger partial charge in [0.15, 0.2) is 0 Å². The van der Waals surface area contributed by atoms with Gasteiger partial charge in [0.05, 0.1) is 5.10 Å². The Hall–Kier alpha value is -3.40. The van der Waals surface area contributed by atoms with Crippen molar-refractivity contribution in [1.82, 2.24) is 9.90 Å². The molecule has 0 radical (unpaired) electrons. The Kier molecular flexibility index (Phi) is 3.56. The van der Waals surface area contributed by atoms with Crippen molar-refractivity contribution in [2.45, 2.75) is 0 Å². The molecule has 0 saturated carbocycles. The monoisotopic (exact) mass is 313 g/mol. The fourth-order valence-corrected chi connectivity index (χ4v) is 2.73. The van der Waals surface area contributed by atoms with E-state index < -0.39 is 0 Å². The molecule has 0 N–H and O–H groups in total. The lowest BCUT2D eigenvalue weighted by Crippen LogP contribution is -2.38. The van der Waals surface area contributed by atoms with Gasteiger partial charge in [-0.2, -0.15) is 0 Å². The van der Waals surface area contributed by atoms with Crippen molar-refractivity contribution in [1.29, 1.82) is 0 Å². The van der Waals surface area contributed by atoms with E-state index in [1.54, 1.807) is 0 Å². The minimum absolute atomic E-state index is 0.547. The van der Waals surface area contributed by atoms with Crippen LogP contribution in [0.15, 0.2) is 91.0 Å². The number of benzene rings is 3. The first-order chi connectivity index (χ1) is 11.8. The molecule has 0 aliphatic carbocycles. The molecule has 4 heteroatoms. The zero-order chi connectivity index (χ0) is 16.4. The maximum atomic E-state index is 13.0. The Morgan fingerprint density at radius 1 is 0.667 bits per heavy atom. The summed E-state index contributed by atoms with van der Waals surface area (Å²) in [5.74, 6) is 0. The van der Waals surface area contributed by atoms with Crippen LogP contribution in [0.4, 0.5) is 0 Å². The van der Waals surface area contributed by atoms with Gasteiger partial charge in [0, 0.05) is 11.1 Å². The molecule has 0 amide bonds. The first-order valence-corrected chi connectivity index (χ1v) is 7.74. The van der Waals surface area contributed by atoms with E-state index in [1.165, 1.54) is 4.80 Å². The van der Waals surface area contributed by atoms with Gasteiger partial charge >= 0.3 is 0 Å². The first kappa shape index (κ1) is 14.2. The van der Waals surface area contributed by atoms with Crippen LogP contribution in [0.25, 0.3) is 28.2 Å². The average molecular weight is 313 g/mol. The highest BCUT2D eigenvalue weighted by atomic mass is 16.5. The molecule has 24 heavy (non-hydrogen) atoms. The molecule has 0 spiro atoms. The minimum Gasteiger partial charge on any atom is -0.692 e. The molecule has 3 aromatic carbocycles. The number of nitrogens with zero attached hydrogens (tertiary/aromatic N) is 3. The van der Waals surface area contributed by atoms with Gasteiger partial charge in [0.25, 0.3) is 5.69 Å². The summed E-state index contributed by atoms with van der Waals surface area (Å²) >= 11 is 0. The van der Waals surface area contributed by atoms with Crippen LogP contribution in [0.2, 0.25) is 0 Å². The van der Waals surface area contributed by atoms with Crippen LogP contribution in [0.3, 0.4) is 0 Å². The topological polar surface area (TPSA) is 44.8 Å². The van der Waals surface area contributed by atoms with Crippen molar-refractivity contribution in [2.75, 3.05) is 0 Å². The SMILES string of the molecule is [O-][n+]1c(-c2ccccc2)c(-c2ccccc2)nn1-c1ccccc1. The predicted molar refractivity (Wildman–Crippen MR) is 93.4 cm³/mol. The second-order valence-corrected chi connectivity index (χ2v) is 5.43. The fraction of sp³-hybridized carbons (Fsp3) is 0. The Morgan fingerprint density at radius 3 is 1.75 bits per heavy atom. The number of rotatable bonds is 3. The van der Waals surface area contributed by atoms with E-state index in [4.69, 9.17) is 0 Å². The molecule has 0 aliphatic rings. The van der Waals surface area contributed by atoms with E-state index in [1.807, 2.05) is 91.0 Å². The lowest BCUT2D eigenvalue weighted by atomic mass is 10.1. The Balaban J connectivity index is 1.99. The molecular weight excluding hydrogens is 298 g/mol. The highest BCUT2D eigenvalue weighted by molar-refractivity contribution is 5.75. The summed E-state index contributed by atoms with van der Waals surface area (Å²) in [6.07, 6.45) is 0. The van der Waals surface area contributed by atoms with Gasteiger partial charge in [-0.05, 0) is 16.9 Å². The van der Waals surface area contributed by atoms with Crippen molar-refractivity contribution in [3.63, 3.8) is 0 Å². The average Bonchev–Trinajstić information content (AvgIpc) is 3.01. The zero-order valence-corrected chi connectivity index (χ0v) is 12.9. The molecule has 1 aromatic heterocycles. The molecule has 1 heterocycles. The van der Waals surface area contributed by atoms with Gasteiger partial charge in [0.2, 0.25) is 5.69 Å². The lowest BCUT2D eigenvalue weighted by molar-refractivity contribution is -0.678. The molecule has 0 aliphatic heterocycles. The zero-order valence-electron chi connectivity index (χ0n) is 12.9. The largest absolute Gasteiger partial charge is 0.692 e. The van der Waals surface area contributed by atoms with Crippen LogP contribution in [0.5, 0.6) is 0 Å². The van der Waals surface area contributed by atoms with Gasteiger partial charge in [-0.25, -0.2) is 0 Å². The predicted octanol–water partition coefficient (Wildman–Crippen LogP) is 3.84. The molecule has 0 atom stereocenters. The van der Waals surface area contributed by atoms with Crippen LogP contribution in [-0.4, -0.2) is 9.90 Å². The van der Waals surface area contributed by atoms with Crippen LogP contribution >= 0.6 is 0 Å². The lowest BCUT2D eigenvalue weighted by Gasteiger charge is -2.06. The van der Waals surface area contributed by atoms with E-state index in [-0.39, 0.29) is 0 Å². The summed E-state index contributed by atoms with van der Waals surface area (Å²) in [5, 5.41) is 17.6. The van der Waals surface area contributed by atoms with E-state index in [0.29, 0.717) is 11.4 Å². The standard InChI is InChI=1S/C20H15N3O/c24-23-20(17-12-6-2-7-13-17)19(16-10-4-1-5-11-16)21-22(23)18-14-8-3-9-15-18/h1-15H. The van der Waals surface area contributed by atoms with Gasteiger partial charge in [0.1, 0.15) is 5.69 Å². The van der Waals surface area contributed by atoms with Crippen molar-refractivity contribution in [3.05, 3.63) is 96.2 Å². The third-order valence-corrected chi connectivity index (χ3v) is 3.86. The molecule has 0 fully saturated rings. The summed E-state index contributed by atoms with van der Waals surface area (Å²) in [6.45, 7) is 0. The molecule has 0 unspecified atom stereocenters. The molecular formula is C20H15N3O. The minimum atomic E-state index is 0.547. The normalized spacial score (nSPS) is 10.7. The Bertz CT molecular complexity index is 948. The van der Waals surface area contributed by atoms with Crippen LogP contribution in [0.1, 0.15) is 0 Å². The summed E-state index contributed by atoms with van der Waals surface area (Å²) in [7, 11) is 0. The molecule has 4 nitrogen and oxygen atoms in total. The first-order valence-electron chi connectivity index (χ1n) is 7.74. The van der Waals surface area contributed by atoms with Gasteiger partial charge in [-0.3, -0.25) is 0 Å². The van der Waals surface area contributed by atoms with Crippen molar-refractivity contribution in [3.8, 4) is 28.2 Å². The summed E-state index contributed by atoms with van der Waals surface area (Å²) < 4.78 is 0. The summed E-state index contributed by atoms with van der Waals surface area (Å²) in [5.41, 5.74) is 3.70. The molecule has 0 bridgehead atoms. The molecule has 4 rings (SSSR count). The Labute approximate surface area is 139 Å². The van der Waals surface area contributed by atoms with Crippen molar-refractivity contribution >= 4 is 0 Å². The summed E-state index contributed by atoms with van der Waals surface area (Å²) in [4.78, 5) is 2.25. The second-order valence-electron chi connectivity index (χ2n) is 5.43. The third-order valence-electron chi connectivity index (χ3n) is 3.86. The van der Waals surface area contributed by atoms with Gasteiger partial charge in [-0.15, -0.1) is 4.85 Å². The highest BCUT2D eigenvalue weighted by Crippen LogP contribution is 2.28. The van der Waals surface area contributed by atoms with Crippen molar-refractivity contribution < 1.29 is 4.85 Å². The number of hydrogen-bond acceptors (Lipinski definition) is 2. The fourth-order valence-electron chi connectivity index (χ4n) is 2.73. The van der Waals surface area contributed by atoms with E-state index in [9.17, 15) is 5.21 Å². The number of hydrogen-bond donors (Lipinski definition) is 0. The maximum absolute atomic E-state index is 13.0. The van der Waals surface area contributed by atoms with E-state index in [2.05, 4.69) is 5.10 Å². The van der Waals surface area contributed by atoms with Crippen molar-refractivity contribution in [2.24, 2.45) is 0 Å². The van der Waals surface area contributed by atoms with Gasteiger partial charge in [-0.1, -0.05) is 78.9 Å². The Morgan fingerprint density at radius 2 is 1.17 bits per heavy atom. The van der Waals surface area contributed by atoms with Crippen LogP contribution < -0.4 is 4.85 Å². The maximum Gasteiger partial charge on any atom is 0.258 e. The molecule has 4 aromatic rings. The molecule has 116 valence electrons. The quantitative estimate of drug-likeness (QED) is 0.426. The van der Waals surface area contributed by atoms with Crippen LogP contribution in [-0.2, 0) is 0 Å². The van der Waals surface area contributed by atoms with Gasteiger partial charge < -0.3 is 5.21 Å². The van der Waals surface area contributed by atoms with E-state index >= 15 is 0 Å².